The molecule has 0 atom stereocenters. The van der Waals surface area contributed by atoms with E-state index in [1.807, 2.05) is 48.5 Å². The first-order valence-electron chi connectivity index (χ1n) is 6.71. The summed E-state index contributed by atoms with van der Waals surface area (Å²) >= 11 is 5.32. The van der Waals surface area contributed by atoms with Crippen LogP contribution in [0.2, 0.25) is 0 Å². The molecule has 1 heterocycles. The Kier molecular flexibility index (Phi) is 4.39. The Hall–Kier alpha value is -1.93. The normalized spacial score (nSPS) is 10.4. The lowest BCUT2D eigenvalue weighted by molar-refractivity contribution is 0.282. The smallest absolute Gasteiger partial charge is 0.0991 e. The molecule has 3 rings (SSSR count). The quantitative estimate of drug-likeness (QED) is 0.688. The van der Waals surface area contributed by atoms with Crippen molar-refractivity contribution in [2.45, 2.75) is 6.61 Å². The van der Waals surface area contributed by atoms with E-state index in [0.717, 1.165) is 30.9 Å². The molecule has 0 spiro atoms. The number of nitrogens with zero attached hydrogens (tertiary/aromatic N) is 1. The molecule has 2 nitrogen and oxygen atoms in total. The number of hydrogen-bond acceptors (Lipinski definition) is 3. The third-order valence-corrected chi connectivity index (χ3v) is 5.51. The Labute approximate surface area is 141 Å². The second-order valence-electron chi connectivity index (χ2n) is 4.83. The van der Waals surface area contributed by atoms with Crippen molar-refractivity contribution in [1.82, 2.24) is 0 Å². The van der Waals surface area contributed by atoms with Crippen molar-refractivity contribution < 1.29 is 5.11 Å². The van der Waals surface area contributed by atoms with Crippen LogP contribution >= 0.6 is 27.3 Å². The van der Waals surface area contributed by atoms with Crippen LogP contribution in [0.5, 0.6) is 0 Å². The lowest BCUT2D eigenvalue weighted by Gasteiger charge is -2.00. The summed E-state index contributed by atoms with van der Waals surface area (Å²) in [4.78, 5) is 2.31. The van der Waals surface area contributed by atoms with Crippen molar-refractivity contribution in [3.05, 3.63) is 70.2 Å². The van der Waals surface area contributed by atoms with E-state index < -0.39 is 0 Å². The number of rotatable bonds is 3. The number of benzene rings is 2. The molecular formula is C18H12BrNOS. The molecule has 0 radical (unpaired) electrons. The minimum Gasteiger partial charge on any atom is -0.392 e. The molecule has 3 aromatic rings. The maximum atomic E-state index is 9.11. The van der Waals surface area contributed by atoms with Gasteiger partial charge in [0.15, 0.2) is 0 Å². The van der Waals surface area contributed by atoms with Gasteiger partial charge in [-0.1, -0.05) is 36.4 Å². The topological polar surface area (TPSA) is 44.0 Å². The highest BCUT2D eigenvalue weighted by atomic mass is 79.9. The van der Waals surface area contributed by atoms with Gasteiger partial charge in [0.1, 0.15) is 0 Å². The highest BCUT2D eigenvalue weighted by Crippen LogP contribution is 2.41. The van der Waals surface area contributed by atoms with Crippen LogP contribution in [0.15, 0.2) is 59.1 Å². The van der Waals surface area contributed by atoms with Crippen LogP contribution in [0.25, 0.3) is 20.9 Å². The van der Waals surface area contributed by atoms with Crippen LogP contribution < -0.4 is 0 Å². The summed E-state index contributed by atoms with van der Waals surface area (Å²) in [5.74, 6) is 0. The largest absolute Gasteiger partial charge is 0.392 e. The summed E-state index contributed by atoms with van der Waals surface area (Å²) in [6, 6.07) is 19.7. The number of aliphatic hydroxyl groups is 1. The zero-order valence-corrected chi connectivity index (χ0v) is 14.0. The SMILES string of the molecule is N#Cc1ccc(-c2sc(-c3ccc(CO)cc3)cc2Br)cc1. The Balaban J connectivity index is 1.97. The third kappa shape index (κ3) is 2.97. The zero-order chi connectivity index (χ0) is 15.5. The van der Waals surface area contributed by atoms with Crippen molar-refractivity contribution >= 4 is 27.3 Å². The first-order valence-corrected chi connectivity index (χ1v) is 8.32. The zero-order valence-electron chi connectivity index (χ0n) is 11.6. The number of aliphatic hydroxyl groups excluding tert-OH is 1. The van der Waals surface area contributed by atoms with E-state index in [4.69, 9.17) is 10.4 Å². The molecule has 0 saturated heterocycles. The van der Waals surface area contributed by atoms with Gasteiger partial charge >= 0.3 is 0 Å². The second kappa shape index (κ2) is 6.45. The summed E-state index contributed by atoms with van der Waals surface area (Å²) in [7, 11) is 0. The summed E-state index contributed by atoms with van der Waals surface area (Å²) < 4.78 is 1.04. The fourth-order valence-electron chi connectivity index (χ4n) is 2.18. The Bertz CT molecular complexity index is 829. The van der Waals surface area contributed by atoms with Crippen molar-refractivity contribution in [3.8, 4) is 27.0 Å². The molecule has 1 N–H and O–H groups in total. The minimum atomic E-state index is 0.0604. The van der Waals surface area contributed by atoms with Crippen LogP contribution in [-0.4, -0.2) is 5.11 Å². The van der Waals surface area contributed by atoms with Crippen molar-refractivity contribution in [2.24, 2.45) is 0 Å². The molecule has 22 heavy (non-hydrogen) atoms. The third-order valence-electron chi connectivity index (χ3n) is 3.38. The molecular weight excluding hydrogens is 358 g/mol. The van der Waals surface area contributed by atoms with Crippen molar-refractivity contribution in [2.75, 3.05) is 0 Å². The molecule has 0 saturated carbocycles. The molecule has 0 fully saturated rings. The van der Waals surface area contributed by atoms with E-state index in [1.165, 1.54) is 0 Å². The molecule has 1 aromatic heterocycles. The van der Waals surface area contributed by atoms with Crippen molar-refractivity contribution in [3.63, 3.8) is 0 Å². The highest BCUT2D eigenvalue weighted by Gasteiger charge is 2.10. The van der Waals surface area contributed by atoms with Gasteiger partial charge in [0.25, 0.3) is 0 Å². The maximum absolute atomic E-state index is 9.11. The molecule has 4 heteroatoms. The number of hydrogen-bond donors (Lipinski definition) is 1. The van der Waals surface area contributed by atoms with Crippen LogP contribution in [0.1, 0.15) is 11.1 Å². The molecule has 0 aliphatic carbocycles. The van der Waals surface area contributed by atoms with Gasteiger partial charge in [-0.15, -0.1) is 11.3 Å². The first-order chi connectivity index (χ1) is 10.7. The Morgan fingerprint density at radius 1 is 1.00 bits per heavy atom. The average Bonchev–Trinajstić information content (AvgIpc) is 2.97. The summed E-state index contributed by atoms with van der Waals surface area (Å²) in [6.07, 6.45) is 0. The molecule has 0 aliphatic heterocycles. The van der Waals surface area contributed by atoms with Gasteiger partial charge in [0.2, 0.25) is 0 Å². The van der Waals surface area contributed by atoms with Gasteiger partial charge in [-0.25, -0.2) is 0 Å². The van der Waals surface area contributed by atoms with Gasteiger partial charge in [-0.2, -0.15) is 5.26 Å². The van der Waals surface area contributed by atoms with E-state index in [2.05, 4.69) is 28.1 Å². The van der Waals surface area contributed by atoms with Crippen molar-refractivity contribution in [1.29, 1.82) is 5.26 Å². The lowest BCUT2D eigenvalue weighted by atomic mass is 10.1. The Morgan fingerprint density at radius 2 is 1.64 bits per heavy atom. The minimum absolute atomic E-state index is 0.0604. The monoisotopic (exact) mass is 369 g/mol. The van der Waals surface area contributed by atoms with Gasteiger partial charge < -0.3 is 5.11 Å². The predicted octanol–water partition coefficient (Wildman–Crippen LogP) is 5.21. The van der Waals surface area contributed by atoms with E-state index >= 15 is 0 Å². The lowest BCUT2D eigenvalue weighted by Crippen LogP contribution is -1.81. The first kappa shape index (κ1) is 15.0. The fraction of sp³-hybridized carbons (Fsp3) is 0.0556. The van der Waals surface area contributed by atoms with E-state index in [0.29, 0.717) is 5.56 Å². The summed E-state index contributed by atoms with van der Waals surface area (Å²) in [5, 5.41) is 18.0. The molecule has 2 aromatic carbocycles. The number of nitriles is 1. The van der Waals surface area contributed by atoms with Crippen LogP contribution in [0.3, 0.4) is 0 Å². The molecule has 0 amide bonds. The number of halogens is 1. The molecule has 0 unspecified atom stereocenters. The summed E-state index contributed by atoms with van der Waals surface area (Å²) in [5.41, 5.74) is 3.79. The molecule has 0 aliphatic rings. The predicted molar refractivity (Wildman–Crippen MR) is 93.5 cm³/mol. The highest BCUT2D eigenvalue weighted by molar-refractivity contribution is 9.10. The average molecular weight is 370 g/mol. The number of thiophene rings is 1. The van der Waals surface area contributed by atoms with Crippen LogP contribution in [0, 0.1) is 11.3 Å². The van der Waals surface area contributed by atoms with E-state index in [1.54, 1.807) is 11.3 Å². The van der Waals surface area contributed by atoms with Gasteiger partial charge in [-0.05, 0) is 50.8 Å². The van der Waals surface area contributed by atoms with Crippen LogP contribution in [-0.2, 0) is 6.61 Å². The van der Waals surface area contributed by atoms with E-state index in [-0.39, 0.29) is 6.61 Å². The molecule has 0 bridgehead atoms. The van der Waals surface area contributed by atoms with Gasteiger partial charge in [0, 0.05) is 14.2 Å². The van der Waals surface area contributed by atoms with Gasteiger partial charge in [-0.3, -0.25) is 0 Å². The van der Waals surface area contributed by atoms with E-state index in [9.17, 15) is 0 Å². The Morgan fingerprint density at radius 3 is 2.23 bits per heavy atom. The fourth-order valence-corrected chi connectivity index (χ4v) is 4.09. The summed E-state index contributed by atoms with van der Waals surface area (Å²) in [6.45, 7) is 0.0604. The maximum Gasteiger partial charge on any atom is 0.0991 e. The standard InChI is InChI=1S/C18H12BrNOS/c19-16-9-17(14-5-3-13(11-21)4-6-14)22-18(16)15-7-1-12(10-20)2-8-15/h1-9,21H,11H2. The van der Waals surface area contributed by atoms with Crippen LogP contribution in [0.4, 0.5) is 0 Å². The van der Waals surface area contributed by atoms with Gasteiger partial charge in [0.05, 0.1) is 18.2 Å². The molecule has 108 valence electrons. The second-order valence-corrected chi connectivity index (χ2v) is 6.74.